The summed E-state index contributed by atoms with van der Waals surface area (Å²) in [5.74, 6) is 1.66. The Kier molecular flexibility index (Phi) is 4.17. The first-order valence-electron chi connectivity index (χ1n) is 5.66. The van der Waals surface area contributed by atoms with Crippen LogP contribution in [-0.2, 0) is 11.3 Å². The molecule has 1 heterocycles. The molecule has 0 radical (unpaired) electrons. The Morgan fingerprint density at radius 1 is 1.42 bits per heavy atom. The van der Waals surface area contributed by atoms with Gasteiger partial charge in [-0.2, -0.15) is 4.98 Å². The van der Waals surface area contributed by atoms with Crippen LogP contribution in [-0.4, -0.2) is 10.1 Å². The van der Waals surface area contributed by atoms with E-state index in [1.54, 1.807) is 11.8 Å². The van der Waals surface area contributed by atoms with Crippen LogP contribution in [0.5, 0.6) is 0 Å². The van der Waals surface area contributed by atoms with Crippen molar-refractivity contribution >= 4 is 33.4 Å². The average Bonchev–Trinajstić information content (AvgIpc) is 2.76. The van der Waals surface area contributed by atoms with E-state index in [1.165, 1.54) is 0 Å². The summed E-state index contributed by atoms with van der Waals surface area (Å²) in [5, 5.41) is 3.88. The smallest absolute Gasteiger partial charge is 0.237 e. The van der Waals surface area contributed by atoms with Crippen molar-refractivity contribution in [2.45, 2.75) is 30.0 Å². The first-order chi connectivity index (χ1) is 8.86. The van der Waals surface area contributed by atoms with E-state index in [4.69, 9.17) is 16.0 Å². The molecule has 0 bridgehead atoms. The zero-order chi connectivity index (χ0) is 14.0. The molecule has 0 saturated carbocycles. The fraction of sp³-hybridized carbons (Fsp3) is 0.333. The Balaban J connectivity index is 2.04. The van der Waals surface area contributed by atoms with Crippen LogP contribution in [0.1, 0.15) is 25.6 Å². The number of anilines is 1. The molecule has 0 spiro atoms. The second-order valence-electron chi connectivity index (χ2n) is 4.71. The third kappa shape index (κ3) is 3.71. The van der Waals surface area contributed by atoms with Crippen molar-refractivity contribution < 1.29 is 4.52 Å². The second-order valence-corrected chi connectivity index (χ2v) is 6.58. The minimum Gasteiger partial charge on any atom is -0.399 e. The quantitative estimate of drug-likeness (QED) is 0.655. The number of aromatic nitrogens is 2. The van der Waals surface area contributed by atoms with Gasteiger partial charge in [0.05, 0.1) is 11.3 Å². The van der Waals surface area contributed by atoms with E-state index in [9.17, 15) is 0 Å². The minimum atomic E-state index is -0.589. The van der Waals surface area contributed by atoms with E-state index in [1.807, 2.05) is 32.0 Å². The SMILES string of the molecule is CC(C)(N)c1noc(CSc2ccc(N)cc2Br)n1. The summed E-state index contributed by atoms with van der Waals surface area (Å²) in [6, 6.07) is 5.67. The maximum Gasteiger partial charge on any atom is 0.237 e. The van der Waals surface area contributed by atoms with Gasteiger partial charge in [0, 0.05) is 15.1 Å². The van der Waals surface area contributed by atoms with Crippen LogP contribution in [0, 0.1) is 0 Å². The van der Waals surface area contributed by atoms with Crippen LogP contribution in [0.25, 0.3) is 0 Å². The van der Waals surface area contributed by atoms with Crippen LogP contribution >= 0.6 is 27.7 Å². The van der Waals surface area contributed by atoms with Gasteiger partial charge in [0.15, 0.2) is 5.82 Å². The van der Waals surface area contributed by atoms with Gasteiger partial charge in [-0.05, 0) is 48.0 Å². The molecule has 0 aliphatic heterocycles. The van der Waals surface area contributed by atoms with E-state index in [0.29, 0.717) is 17.5 Å². The molecule has 1 aromatic carbocycles. The fourth-order valence-corrected chi connectivity index (χ4v) is 2.85. The van der Waals surface area contributed by atoms with Gasteiger partial charge < -0.3 is 16.0 Å². The first kappa shape index (κ1) is 14.4. The summed E-state index contributed by atoms with van der Waals surface area (Å²) in [5.41, 5.74) is 11.7. The molecule has 0 saturated heterocycles. The van der Waals surface area contributed by atoms with Gasteiger partial charge in [-0.15, -0.1) is 11.8 Å². The van der Waals surface area contributed by atoms with Gasteiger partial charge in [0.1, 0.15) is 0 Å². The van der Waals surface area contributed by atoms with Crippen molar-refractivity contribution in [2.75, 3.05) is 5.73 Å². The molecular formula is C12H15BrN4OS. The van der Waals surface area contributed by atoms with Gasteiger partial charge in [0.2, 0.25) is 5.89 Å². The predicted molar refractivity (Wildman–Crippen MR) is 79.6 cm³/mol. The van der Waals surface area contributed by atoms with Crippen molar-refractivity contribution in [3.8, 4) is 0 Å². The van der Waals surface area contributed by atoms with Crippen LogP contribution in [0.15, 0.2) is 32.1 Å². The summed E-state index contributed by atoms with van der Waals surface area (Å²) in [6.07, 6.45) is 0. The van der Waals surface area contributed by atoms with Crippen LogP contribution in [0.3, 0.4) is 0 Å². The predicted octanol–water partition coefficient (Wildman–Crippen LogP) is 2.90. The molecule has 0 aliphatic carbocycles. The number of nitrogens with zero attached hydrogens (tertiary/aromatic N) is 2. The molecule has 0 amide bonds. The van der Waals surface area contributed by atoms with Crippen molar-refractivity contribution in [1.29, 1.82) is 0 Å². The van der Waals surface area contributed by atoms with Gasteiger partial charge >= 0.3 is 0 Å². The third-order valence-corrected chi connectivity index (χ3v) is 4.33. The topological polar surface area (TPSA) is 91.0 Å². The first-order valence-corrected chi connectivity index (χ1v) is 7.44. The average molecular weight is 343 g/mol. The molecule has 19 heavy (non-hydrogen) atoms. The van der Waals surface area contributed by atoms with E-state index >= 15 is 0 Å². The van der Waals surface area contributed by atoms with Crippen molar-refractivity contribution in [3.63, 3.8) is 0 Å². The van der Waals surface area contributed by atoms with E-state index in [0.717, 1.165) is 15.1 Å². The Morgan fingerprint density at radius 3 is 2.74 bits per heavy atom. The van der Waals surface area contributed by atoms with Crippen LogP contribution in [0.2, 0.25) is 0 Å². The third-order valence-electron chi connectivity index (χ3n) is 2.35. The lowest BCUT2D eigenvalue weighted by Gasteiger charge is -2.11. The fourth-order valence-electron chi connectivity index (χ4n) is 1.35. The largest absolute Gasteiger partial charge is 0.399 e. The highest BCUT2D eigenvalue weighted by Crippen LogP contribution is 2.31. The van der Waals surface area contributed by atoms with Gasteiger partial charge in [-0.25, -0.2) is 0 Å². The molecule has 7 heteroatoms. The van der Waals surface area contributed by atoms with E-state index < -0.39 is 5.54 Å². The number of nitrogens with two attached hydrogens (primary N) is 2. The molecule has 0 aliphatic rings. The Morgan fingerprint density at radius 2 is 2.16 bits per heavy atom. The summed E-state index contributed by atoms with van der Waals surface area (Å²) < 4.78 is 6.13. The lowest BCUT2D eigenvalue weighted by atomic mass is 10.1. The highest BCUT2D eigenvalue weighted by Gasteiger charge is 2.21. The second kappa shape index (κ2) is 5.52. The number of hydrogen-bond acceptors (Lipinski definition) is 6. The minimum absolute atomic E-state index is 0.513. The zero-order valence-corrected chi connectivity index (χ0v) is 13.1. The van der Waals surface area contributed by atoms with Gasteiger partial charge in [0.25, 0.3) is 0 Å². The number of hydrogen-bond donors (Lipinski definition) is 2. The number of benzene rings is 1. The lowest BCUT2D eigenvalue weighted by Crippen LogP contribution is -2.30. The van der Waals surface area contributed by atoms with E-state index in [-0.39, 0.29) is 0 Å². The number of halogens is 1. The molecule has 102 valence electrons. The Bertz CT molecular complexity index is 579. The molecule has 0 fully saturated rings. The van der Waals surface area contributed by atoms with Crippen LogP contribution < -0.4 is 11.5 Å². The molecular weight excluding hydrogens is 328 g/mol. The van der Waals surface area contributed by atoms with Crippen LogP contribution in [0.4, 0.5) is 5.69 Å². The summed E-state index contributed by atoms with van der Waals surface area (Å²) >= 11 is 5.06. The van der Waals surface area contributed by atoms with Gasteiger partial charge in [-0.1, -0.05) is 5.16 Å². The highest BCUT2D eigenvalue weighted by molar-refractivity contribution is 9.10. The Labute approximate surface area is 124 Å². The molecule has 2 aromatic rings. The maximum absolute atomic E-state index is 5.90. The monoisotopic (exact) mass is 342 g/mol. The number of rotatable bonds is 4. The molecule has 1 aromatic heterocycles. The van der Waals surface area contributed by atoms with Crippen molar-refractivity contribution in [3.05, 3.63) is 34.4 Å². The standard InChI is InChI=1S/C12H15BrN4OS/c1-12(2,15)11-16-10(18-17-11)6-19-9-4-3-7(14)5-8(9)13/h3-5H,6,14-15H2,1-2H3. The Hall–Kier alpha value is -1.05. The van der Waals surface area contributed by atoms with Gasteiger partial charge in [-0.3, -0.25) is 0 Å². The molecule has 0 atom stereocenters. The normalized spacial score (nSPS) is 11.8. The number of nitrogen functional groups attached to an aromatic ring is 1. The summed E-state index contributed by atoms with van der Waals surface area (Å²) in [4.78, 5) is 5.35. The molecule has 5 nitrogen and oxygen atoms in total. The molecule has 0 unspecified atom stereocenters. The molecule has 2 rings (SSSR count). The highest BCUT2D eigenvalue weighted by atomic mass is 79.9. The summed E-state index contributed by atoms with van der Waals surface area (Å²) in [6.45, 7) is 3.68. The van der Waals surface area contributed by atoms with E-state index in [2.05, 4.69) is 26.1 Å². The van der Waals surface area contributed by atoms with Crippen molar-refractivity contribution in [1.82, 2.24) is 10.1 Å². The molecule has 4 N–H and O–H groups in total. The van der Waals surface area contributed by atoms with Crippen molar-refractivity contribution in [2.24, 2.45) is 5.73 Å². The lowest BCUT2D eigenvalue weighted by molar-refractivity contribution is 0.370. The number of thioether (sulfide) groups is 1. The zero-order valence-electron chi connectivity index (χ0n) is 10.7. The summed E-state index contributed by atoms with van der Waals surface area (Å²) in [7, 11) is 0. The maximum atomic E-state index is 5.90.